The monoisotopic (exact) mass is 217 g/mol. The molecule has 1 saturated carbocycles. The van der Waals surface area contributed by atoms with Crippen LogP contribution in [0.5, 0.6) is 0 Å². The number of carbonyl (C=O) groups is 1. The Labute approximate surface area is 94.7 Å². The van der Waals surface area contributed by atoms with Crippen molar-refractivity contribution in [1.29, 1.82) is 0 Å². The molecule has 1 N–H and O–H groups in total. The lowest BCUT2D eigenvalue weighted by Gasteiger charge is -2.36. The van der Waals surface area contributed by atoms with Crippen molar-refractivity contribution < 1.29 is 9.90 Å². The summed E-state index contributed by atoms with van der Waals surface area (Å²) in [5, 5.41) is 9.16. The zero-order valence-corrected chi connectivity index (χ0v) is 9.04. The summed E-state index contributed by atoms with van der Waals surface area (Å²) in [6.07, 6.45) is 0.674. The molecule has 2 atom stereocenters. The van der Waals surface area contributed by atoms with Crippen LogP contribution in [0.25, 0.3) is 0 Å². The molecule has 1 amide bonds. The van der Waals surface area contributed by atoms with E-state index in [1.54, 1.807) is 4.90 Å². The lowest BCUT2D eigenvalue weighted by Crippen LogP contribution is -2.54. The van der Waals surface area contributed by atoms with Gasteiger partial charge in [-0.15, -0.1) is 0 Å². The molecule has 2 fully saturated rings. The summed E-state index contributed by atoms with van der Waals surface area (Å²) < 4.78 is 0. The highest BCUT2D eigenvalue weighted by atomic mass is 16.3. The maximum atomic E-state index is 11.9. The van der Waals surface area contributed by atoms with E-state index < -0.39 is 0 Å². The summed E-state index contributed by atoms with van der Waals surface area (Å²) in [7, 11) is 0. The van der Waals surface area contributed by atoms with Crippen molar-refractivity contribution in [1.82, 2.24) is 4.90 Å². The quantitative estimate of drug-likeness (QED) is 0.802. The lowest BCUT2D eigenvalue weighted by molar-refractivity contribution is -0.142. The topological polar surface area (TPSA) is 40.5 Å². The highest BCUT2D eigenvalue weighted by Gasteiger charge is 2.47. The summed E-state index contributed by atoms with van der Waals surface area (Å²) >= 11 is 0. The second-order valence-electron chi connectivity index (χ2n) is 4.76. The molecule has 84 valence electrons. The van der Waals surface area contributed by atoms with Gasteiger partial charge in [-0.1, -0.05) is 30.3 Å². The second kappa shape index (κ2) is 3.59. The molecule has 0 radical (unpaired) electrons. The van der Waals surface area contributed by atoms with Crippen molar-refractivity contribution in [3.8, 4) is 0 Å². The maximum Gasteiger partial charge on any atom is 0.226 e. The van der Waals surface area contributed by atoms with Crippen LogP contribution in [0.1, 0.15) is 17.9 Å². The predicted molar refractivity (Wildman–Crippen MR) is 59.9 cm³/mol. The normalized spacial score (nSPS) is 28.7. The van der Waals surface area contributed by atoms with E-state index in [1.807, 2.05) is 18.2 Å². The molecule has 1 aliphatic heterocycles. The van der Waals surface area contributed by atoms with Crippen LogP contribution in [-0.4, -0.2) is 35.1 Å². The number of aliphatic hydroxyl groups is 1. The Morgan fingerprint density at radius 1 is 1.25 bits per heavy atom. The highest BCUT2D eigenvalue weighted by molar-refractivity contribution is 5.83. The number of nitrogens with zero attached hydrogens (tertiary/aromatic N) is 1. The number of carbonyl (C=O) groups excluding carboxylic acids is 1. The molecule has 1 aromatic carbocycles. The number of benzene rings is 1. The Morgan fingerprint density at radius 3 is 2.56 bits per heavy atom. The van der Waals surface area contributed by atoms with Gasteiger partial charge in [0.15, 0.2) is 0 Å². The first-order valence-electron chi connectivity index (χ1n) is 5.77. The van der Waals surface area contributed by atoms with Gasteiger partial charge in [-0.3, -0.25) is 4.79 Å². The first kappa shape index (κ1) is 9.85. The minimum absolute atomic E-state index is 0.162. The molecule has 3 nitrogen and oxygen atoms in total. The summed E-state index contributed by atoms with van der Waals surface area (Å²) in [6, 6.07) is 10.2. The molecule has 3 heteroatoms. The molecule has 2 unspecified atom stereocenters. The van der Waals surface area contributed by atoms with E-state index in [0.29, 0.717) is 19.0 Å². The van der Waals surface area contributed by atoms with E-state index in [2.05, 4.69) is 12.1 Å². The SMILES string of the molecule is O=C(C1CC1c1ccccc1)N1CC(O)C1. The van der Waals surface area contributed by atoms with Gasteiger partial charge in [0, 0.05) is 19.0 Å². The van der Waals surface area contributed by atoms with Gasteiger partial charge < -0.3 is 10.0 Å². The van der Waals surface area contributed by atoms with Crippen LogP contribution in [-0.2, 0) is 4.79 Å². The smallest absolute Gasteiger partial charge is 0.226 e. The number of amides is 1. The Balaban J connectivity index is 1.62. The van der Waals surface area contributed by atoms with Crippen molar-refractivity contribution in [2.75, 3.05) is 13.1 Å². The number of rotatable bonds is 2. The van der Waals surface area contributed by atoms with E-state index in [1.165, 1.54) is 5.56 Å². The fourth-order valence-corrected chi connectivity index (χ4v) is 2.41. The lowest BCUT2D eigenvalue weighted by atomic mass is 10.1. The van der Waals surface area contributed by atoms with Crippen LogP contribution >= 0.6 is 0 Å². The number of likely N-dealkylation sites (tertiary alicyclic amines) is 1. The molecule has 1 heterocycles. The molecular weight excluding hydrogens is 202 g/mol. The Kier molecular flexibility index (Phi) is 2.21. The molecule has 0 aromatic heterocycles. The van der Waals surface area contributed by atoms with E-state index in [4.69, 9.17) is 5.11 Å². The largest absolute Gasteiger partial charge is 0.389 e. The average molecular weight is 217 g/mol. The fraction of sp³-hybridized carbons (Fsp3) is 0.462. The molecular formula is C13H15NO2. The second-order valence-corrected chi connectivity index (χ2v) is 4.76. The van der Waals surface area contributed by atoms with Crippen molar-refractivity contribution in [3.63, 3.8) is 0 Å². The number of hydrogen-bond acceptors (Lipinski definition) is 2. The van der Waals surface area contributed by atoms with Gasteiger partial charge >= 0.3 is 0 Å². The highest BCUT2D eigenvalue weighted by Crippen LogP contribution is 2.48. The van der Waals surface area contributed by atoms with Gasteiger partial charge in [-0.25, -0.2) is 0 Å². The summed E-state index contributed by atoms with van der Waals surface area (Å²) in [5.41, 5.74) is 1.27. The van der Waals surface area contributed by atoms with Crippen LogP contribution in [0, 0.1) is 5.92 Å². The third-order valence-electron chi connectivity index (χ3n) is 3.51. The van der Waals surface area contributed by atoms with Crippen LogP contribution in [0.15, 0.2) is 30.3 Å². The summed E-state index contributed by atoms with van der Waals surface area (Å²) in [5.74, 6) is 0.792. The van der Waals surface area contributed by atoms with Crippen molar-refractivity contribution >= 4 is 5.91 Å². The van der Waals surface area contributed by atoms with Gasteiger partial charge in [0.25, 0.3) is 0 Å². The molecule has 1 aliphatic carbocycles. The standard InChI is InChI=1S/C13H15NO2/c15-10-7-14(8-10)13(16)12-6-11(12)9-4-2-1-3-5-9/h1-5,10-12,15H,6-8H2. The average Bonchev–Trinajstić information content (AvgIpc) is 3.05. The Morgan fingerprint density at radius 2 is 1.94 bits per heavy atom. The minimum atomic E-state index is -0.294. The predicted octanol–water partition coefficient (Wildman–Crippen LogP) is 0.993. The van der Waals surface area contributed by atoms with Gasteiger partial charge in [0.05, 0.1) is 6.10 Å². The zero-order chi connectivity index (χ0) is 11.1. The molecule has 2 aliphatic rings. The maximum absolute atomic E-state index is 11.9. The molecule has 0 bridgehead atoms. The summed E-state index contributed by atoms with van der Waals surface area (Å²) in [4.78, 5) is 13.7. The van der Waals surface area contributed by atoms with Crippen LogP contribution < -0.4 is 0 Å². The van der Waals surface area contributed by atoms with E-state index >= 15 is 0 Å². The molecule has 1 aromatic rings. The number of hydrogen-bond donors (Lipinski definition) is 1. The van der Waals surface area contributed by atoms with Gasteiger partial charge in [0.2, 0.25) is 5.91 Å². The van der Waals surface area contributed by atoms with Crippen LogP contribution in [0.3, 0.4) is 0 Å². The van der Waals surface area contributed by atoms with E-state index in [9.17, 15) is 4.79 Å². The third-order valence-corrected chi connectivity index (χ3v) is 3.51. The van der Waals surface area contributed by atoms with E-state index in [0.717, 1.165) is 6.42 Å². The van der Waals surface area contributed by atoms with Gasteiger partial charge in [0.1, 0.15) is 0 Å². The van der Waals surface area contributed by atoms with Crippen molar-refractivity contribution in [2.45, 2.75) is 18.4 Å². The van der Waals surface area contributed by atoms with Crippen LogP contribution in [0.4, 0.5) is 0 Å². The molecule has 0 spiro atoms. The Bertz CT molecular complexity index is 398. The van der Waals surface area contributed by atoms with Crippen LogP contribution in [0.2, 0.25) is 0 Å². The first-order chi connectivity index (χ1) is 7.75. The number of β-amino-alcohol motifs (C(OH)–C–C–N with tert-alkyl or cyclic N) is 1. The van der Waals surface area contributed by atoms with E-state index in [-0.39, 0.29) is 17.9 Å². The summed E-state index contributed by atoms with van der Waals surface area (Å²) in [6.45, 7) is 1.05. The van der Waals surface area contributed by atoms with Crippen molar-refractivity contribution in [3.05, 3.63) is 35.9 Å². The zero-order valence-electron chi connectivity index (χ0n) is 9.04. The fourth-order valence-electron chi connectivity index (χ4n) is 2.41. The Hall–Kier alpha value is -1.35. The minimum Gasteiger partial charge on any atom is -0.389 e. The molecule has 3 rings (SSSR count). The molecule has 1 saturated heterocycles. The number of aliphatic hydroxyl groups excluding tert-OH is 1. The first-order valence-corrected chi connectivity index (χ1v) is 5.77. The molecule has 16 heavy (non-hydrogen) atoms. The third kappa shape index (κ3) is 1.61. The van der Waals surface area contributed by atoms with Gasteiger partial charge in [-0.05, 0) is 17.9 Å². The van der Waals surface area contributed by atoms with Crippen molar-refractivity contribution in [2.24, 2.45) is 5.92 Å². The van der Waals surface area contributed by atoms with Gasteiger partial charge in [-0.2, -0.15) is 0 Å².